The smallest absolute Gasteiger partial charge is 0.314 e. The van der Waals surface area contributed by atoms with Crippen LogP contribution in [0, 0.1) is 5.92 Å². The standard InChI is InChI=1S/C14H27N3O/c1-11-5-3-2-4-6-13(11)16-12-7-9-17(10-8-12)14(15)18/h11-13,16H,2-10H2,1H3,(H2,15,18). The van der Waals surface area contributed by atoms with Crippen molar-refractivity contribution < 1.29 is 4.79 Å². The normalized spacial score (nSPS) is 31.1. The summed E-state index contributed by atoms with van der Waals surface area (Å²) in [5, 5.41) is 3.83. The van der Waals surface area contributed by atoms with Gasteiger partial charge in [-0.1, -0.05) is 26.2 Å². The Hall–Kier alpha value is -0.770. The van der Waals surface area contributed by atoms with Gasteiger partial charge in [-0.15, -0.1) is 0 Å². The minimum Gasteiger partial charge on any atom is -0.351 e. The van der Waals surface area contributed by atoms with E-state index in [1.165, 1.54) is 32.1 Å². The van der Waals surface area contributed by atoms with Crippen LogP contribution in [0.3, 0.4) is 0 Å². The second kappa shape index (κ2) is 6.41. The number of carbonyl (C=O) groups is 1. The molecule has 1 heterocycles. The highest BCUT2D eigenvalue weighted by Gasteiger charge is 2.26. The molecule has 1 saturated carbocycles. The van der Waals surface area contributed by atoms with Gasteiger partial charge >= 0.3 is 6.03 Å². The molecule has 2 atom stereocenters. The summed E-state index contributed by atoms with van der Waals surface area (Å²) in [6.45, 7) is 4.00. The number of amides is 2. The number of nitrogens with one attached hydrogen (secondary N) is 1. The number of hydrogen-bond donors (Lipinski definition) is 2. The zero-order valence-corrected chi connectivity index (χ0v) is 11.5. The molecule has 0 spiro atoms. The molecule has 0 bridgehead atoms. The Morgan fingerprint density at radius 2 is 1.78 bits per heavy atom. The van der Waals surface area contributed by atoms with Gasteiger partial charge in [0.2, 0.25) is 0 Å². The summed E-state index contributed by atoms with van der Waals surface area (Å²) in [6, 6.07) is 0.986. The van der Waals surface area contributed by atoms with E-state index >= 15 is 0 Å². The summed E-state index contributed by atoms with van der Waals surface area (Å²) in [5.41, 5.74) is 5.31. The molecule has 2 rings (SSSR count). The van der Waals surface area contributed by atoms with E-state index in [1.54, 1.807) is 4.90 Å². The Bertz CT molecular complexity index is 274. The molecule has 1 aliphatic carbocycles. The topological polar surface area (TPSA) is 58.4 Å². The average molecular weight is 253 g/mol. The molecule has 4 heteroatoms. The van der Waals surface area contributed by atoms with E-state index in [0.29, 0.717) is 12.1 Å². The van der Waals surface area contributed by atoms with Crippen LogP contribution in [0.15, 0.2) is 0 Å². The van der Waals surface area contributed by atoms with Crippen molar-refractivity contribution in [2.75, 3.05) is 13.1 Å². The third-order valence-electron chi connectivity index (χ3n) is 4.62. The molecule has 1 saturated heterocycles. The minimum atomic E-state index is -0.267. The van der Waals surface area contributed by atoms with Gasteiger partial charge in [-0.05, 0) is 31.6 Å². The lowest BCUT2D eigenvalue weighted by molar-refractivity contribution is 0.177. The zero-order valence-electron chi connectivity index (χ0n) is 11.5. The number of rotatable bonds is 2. The molecule has 2 aliphatic rings. The monoisotopic (exact) mass is 253 g/mol. The second-order valence-corrected chi connectivity index (χ2v) is 5.99. The van der Waals surface area contributed by atoms with Gasteiger partial charge in [0.1, 0.15) is 0 Å². The zero-order chi connectivity index (χ0) is 13.0. The Balaban J connectivity index is 1.78. The van der Waals surface area contributed by atoms with Crippen LogP contribution in [0.5, 0.6) is 0 Å². The molecule has 0 radical (unpaired) electrons. The summed E-state index contributed by atoms with van der Waals surface area (Å²) in [5.74, 6) is 0.793. The first kappa shape index (κ1) is 13.7. The number of nitrogens with two attached hydrogens (primary N) is 1. The van der Waals surface area contributed by atoms with E-state index in [1.807, 2.05) is 0 Å². The number of carbonyl (C=O) groups excluding carboxylic acids is 1. The summed E-state index contributed by atoms with van der Waals surface area (Å²) in [7, 11) is 0. The van der Waals surface area contributed by atoms with E-state index in [9.17, 15) is 4.79 Å². The van der Waals surface area contributed by atoms with Gasteiger partial charge in [0.05, 0.1) is 0 Å². The minimum absolute atomic E-state index is 0.267. The van der Waals surface area contributed by atoms with Gasteiger partial charge in [0.25, 0.3) is 0 Å². The Labute approximate surface area is 110 Å². The maximum atomic E-state index is 11.1. The van der Waals surface area contributed by atoms with Gasteiger partial charge in [0, 0.05) is 25.2 Å². The fraction of sp³-hybridized carbons (Fsp3) is 0.929. The molecular formula is C14H27N3O. The molecule has 2 fully saturated rings. The molecular weight excluding hydrogens is 226 g/mol. The number of urea groups is 1. The van der Waals surface area contributed by atoms with Crippen LogP contribution < -0.4 is 11.1 Å². The molecule has 0 aromatic heterocycles. The predicted octanol–water partition coefficient (Wildman–Crippen LogP) is 2.09. The number of primary amides is 1. The van der Waals surface area contributed by atoms with Crippen molar-refractivity contribution in [3.8, 4) is 0 Å². The molecule has 0 aromatic carbocycles. The molecule has 3 N–H and O–H groups in total. The van der Waals surface area contributed by atoms with Crippen molar-refractivity contribution in [3.63, 3.8) is 0 Å². The van der Waals surface area contributed by atoms with Crippen molar-refractivity contribution in [2.45, 2.75) is 64.0 Å². The Kier molecular flexibility index (Phi) is 4.87. The van der Waals surface area contributed by atoms with Gasteiger partial charge in [-0.2, -0.15) is 0 Å². The lowest BCUT2D eigenvalue weighted by atomic mass is 9.94. The number of likely N-dealkylation sites (tertiary alicyclic amines) is 1. The molecule has 4 nitrogen and oxygen atoms in total. The van der Waals surface area contributed by atoms with Crippen LogP contribution in [0.1, 0.15) is 51.9 Å². The average Bonchev–Trinajstić information content (AvgIpc) is 2.56. The van der Waals surface area contributed by atoms with Crippen LogP contribution in [-0.4, -0.2) is 36.1 Å². The first-order valence-corrected chi connectivity index (χ1v) is 7.47. The first-order valence-electron chi connectivity index (χ1n) is 7.47. The number of nitrogens with zero attached hydrogens (tertiary/aromatic N) is 1. The summed E-state index contributed by atoms with van der Waals surface area (Å²) in [4.78, 5) is 12.8. The third kappa shape index (κ3) is 3.61. The quantitative estimate of drug-likeness (QED) is 0.740. The third-order valence-corrected chi connectivity index (χ3v) is 4.62. The van der Waals surface area contributed by atoms with Crippen LogP contribution in [0.4, 0.5) is 4.79 Å². The van der Waals surface area contributed by atoms with Crippen molar-refractivity contribution >= 4 is 6.03 Å². The highest BCUT2D eigenvalue weighted by atomic mass is 16.2. The maximum Gasteiger partial charge on any atom is 0.314 e. The molecule has 0 aromatic rings. The SMILES string of the molecule is CC1CCCCCC1NC1CCN(C(N)=O)CC1. The maximum absolute atomic E-state index is 11.1. The van der Waals surface area contributed by atoms with Crippen molar-refractivity contribution in [3.05, 3.63) is 0 Å². The van der Waals surface area contributed by atoms with Crippen molar-refractivity contribution in [1.82, 2.24) is 10.2 Å². The van der Waals surface area contributed by atoms with Crippen LogP contribution in [-0.2, 0) is 0 Å². The molecule has 18 heavy (non-hydrogen) atoms. The fourth-order valence-corrected chi connectivity index (χ4v) is 3.31. The van der Waals surface area contributed by atoms with E-state index < -0.39 is 0 Å². The number of hydrogen-bond acceptors (Lipinski definition) is 2. The summed E-state index contributed by atoms with van der Waals surface area (Å²) in [6.07, 6.45) is 8.91. The lowest BCUT2D eigenvalue weighted by Crippen LogP contribution is -2.50. The fourth-order valence-electron chi connectivity index (χ4n) is 3.31. The Morgan fingerprint density at radius 1 is 1.11 bits per heavy atom. The summed E-state index contributed by atoms with van der Waals surface area (Å²) >= 11 is 0. The lowest BCUT2D eigenvalue weighted by Gasteiger charge is -2.35. The Morgan fingerprint density at radius 3 is 2.44 bits per heavy atom. The highest BCUT2D eigenvalue weighted by Crippen LogP contribution is 2.24. The van der Waals surface area contributed by atoms with Gasteiger partial charge in [-0.25, -0.2) is 4.79 Å². The van der Waals surface area contributed by atoms with Crippen LogP contribution in [0.2, 0.25) is 0 Å². The largest absolute Gasteiger partial charge is 0.351 e. The number of piperidine rings is 1. The molecule has 104 valence electrons. The van der Waals surface area contributed by atoms with E-state index in [4.69, 9.17) is 5.73 Å². The van der Waals surface area contributed by atoms with Crippen molar-refractivity contribution in [1.29, 1.82) is 0 Å². The van der Waals surface area contributed by atoms with Crippen LogP contribution >= 0.6 is 0 Å². The first-order chi connectivity index (χ1) is 8.66. The van der Waals surface area contributed by atoms with Gasteiger partial charge < -0.3 is 16.0 Å². The predicted molar refractivity (Wildman–Crippen MR) is 73.4 cm³/mol. The molecule has 1 aliphatic heterocycles. The molecule has 2 amide bonds. The van der Waals surface area contributed by atoms with E-state index in [-0.39, 0.29) is 6.03 Å². The van der Waals surface area contributed by atoms with E-state index in [0.717, 1.165) is 31.8 Å². The van der Waals surface area contributed by atoms with Gasteiger partial charge in [0.15, 0.2) is 0 Å². The highest BCUT2D eigenvalue weighted by molar-refractivity contribution is 5.72. The second-order valence-electron chi connectivity index (χ2n) is 5.99. The van der Waals surface area contributed by atoms with E-state index in [2.05, 4.69) is 12.2 Å². The van der Waals surface area contributed by atoms with Crippen LogP contribution in [0.25, 0.3) is 0 Å². The van der Waals surface area contributed by atoms with Gasteiger partial charge in [-0.3, -0.25) is 0 Å². The molecule has 2 unspecified atom stereocenters. The van der Waals surface area contributed by atoms with Crippen molar-refractivity contribution in [2.24, 2.45) is 11.7 Å². The summed E-state index contributed by atoms with van der Waals surface area (Å²) < 4.78 is 0.